The van der Waals surface area contributed by atoms with Crippen LogP contribution in [0.4, 0.5) is 0 Å². The summed E-state index contributed by atoms with van der Waals surface area (Å²) in [7, 11) is 0. The Kier molecular flexibility index (Phi) is 6.99. The van der Waals surface area contributed by atoms with Crippen molar-refractivity contribution in [3.63, 3.8) is 0 Å². The van der Waals surface area contributed by atoms with Crippen LogP contribution in [-0.2, 0) is 18.0 Å². The lowest BCUT2D eigenvalue weighted by molar-refractivity contribution is 0.0690. The molecule has 0 saturated carbocycles. The average molecular weight is 437 g/mol. The van der Waals surface area contributed by atoms with Gasteiger partial charge in [0, 0.05) is 10.9 Å². The number of ether oxygens (including phenoxy) is 2. The Hall–Kier alpha value is -4.14. The third-order valence-corrected chi connectivity index (χ3v) is 5.16. The van der Waals surface area contributed by atoms with Crippen LogP contribution in [0.15, 0.2) is 78.9 Å². The van der Waals surface area contributed by atoms with Gasteiger partial charge in [0.1, 0.15) is 24.5 Å². The molecule has 0 radical (unpaired) electrons. The highest BCUT2D eigenvalue weighted by Crippen LogP contribution is 2.30. The van der Waals surface area contributed by atoms with Crippen molar-refractivity contribution in [2.75, 3.05) is 6.61 Å². The summed E-state index contributed by atoms with van der Waals surface area (Å²) >= 11 is 0. The molecule has 0 spiro atoms. The lowest BCUT2D eigenvalue weighted by Crippen LogP contribution is -2.07. The number of hydrogen-bond acceptors (Lipinski definition) is 4. The molecule has 164 valence electrons. The van der Waals surface area contributed by atoms with Crippen LogP contribution >= 0.6 is 0 Å². The standard InChI is InChI=1S/C28H23NO4/c1-20-23(15-9-17-32-18-21-10-4-2-5-11-21)24-14-8-16-25(27(24)29-26(20)28(30)31)33-19-22-12-6-3-7-13-22/h2-8,10-14,16H,17-19H2,1H3,(H,30,31). The zero-order valence-corrected chi connectivity index (χ0v) is 18.2. The Bertz CT molecular complexity index is 1320. The molecule has 1 heterocycles. The topological polar surface area (TPSA) is 68.7 Å². The number of fused-ring (bicyclic) bond motifs is 1. The second-order valence-corrected chi connectivity index (χ2v) is 7.47. The van der Waals surface area contributed by atoms with Gasteiger partial charge in [-0.05, 0) is 29.7 Å². The maximum atomic E-state index is 11.9. The molecule has 0 aliphatic carbocycles. The van der Waals surface area contributed by atoms with Gasteiger partial charge in [-0.3, -0.25) is 0 Å². The molecule has 0 bridgehead atoms. The summed E-state index contributed by atoms with van der Waals surface area (Å²) in [4.78, 5) is 16.3. The molecular formula is C28H23NO4. The molecule has 1 N–H and O–H groups in total. The molecule has 1 aromatic heterocycles. The Morgan fingerprint density at radius 3 is 2.24 bits per heavy atom. The van der Waals surface area contributed by atoms with E-state index in [1.165, 1.54) is 0 Å². The minimum Gasteiger partial charge on any atom is -0.487 e. The number of benzene rings is 3. The van der Waals surface area contributed by atoms with E-state index in [2.05, 4.69) is 16.8 Å². The van der Waals surface area contributed by atoms with Gasteiger partial charge in [-0.2, -0.15) is 0 Å². The second kappa shape index (κ2) is 10.4. The molecule has 0 aliphatic heterocycles. The summed E-state index contributed by atoms with van der Waals surface area (Å²) in [5.41, 5.74) is 3.66. The van der Waals surface area contributed by atoms with Gasteiger partial charge in [-0.25, -0.2) is 9.78 Å². The van der Waals surface area contributed by atoms with Gasteiger partial charge in [-0.15, -0.1) is 0 Å². The Morgan fingerprint density at radius 1 is 0.909 bits per heavy atom. The van der Waals surface area contributed by atoms with Crippen LogP contribution in [0.25, 0.3) is 10.9 Å². The summed E-state index contributed by atoms with van der Waals surface area (Å²) in [6.45, 7) is 2.77. The Morgan fingerprint density at radius 2 is 1.58 bits per heavy atom. The first-order valence-corrected chi connectivity index (χ1v) is 10.6. The number of carboxylic acids is 1. The fourth-order valence-electron chi connectivity index (χ4n) is 3.50. The van der Waals surface area contributed by atoms with E-state index in [0.717, 1.165) is 16.5 Å². The number of aromatic nitrogens is 1. The summed E-state index contributed by atoms with van der Waals surface area (Å²) < 4.78 is 11.7. The molecule has 0 fully saturated rings. The van der Waals surface area contributed by atoms with Gasteiger partial charge in [-0.1, -0.05) is 84.6 Å². The monoisotopic (exact) mass is 437 g/mol. The lowest BCUT2D eigenvalue weighted by atomic mass is 10.0. The Labute approximate surface area is 192 Å². The first-order valence-electron chi connectivity index (χ1n) is 10.6. The van der Waals surface area contributed by atoms with Crippen LogP contribution in [0.1, 0.15) is 32.7 Å². The summed E-state index contributed by atoms with van der Waals surface area (Å²) in [5, 5.41) is 10.5. The van der Waals surface area contributed by atoms with Crippen molar-refractivity contribution in [2.24, 2.45) is 0 Å². The zero-order valence-electron chi connectivity index (χ0n) is 18.2. The lowest BCUT2D eigenvalue weighted by Gasteiger charge is -2.13. The molecular weight excluding hydrogens is 414 g/mol. The van der Waals surface area contributed by atoms with Crippen LogP contribution in [0.2, 0.25) is 0 Å². The van der Waals surface area contributed by atoms with E-state index >= 15 is 0 Å². The SMILES string of the molecule is Cc1c(C(=O)O)nc2c(OCc3ccccc3)cccc2c1C#CCOCc1ccccc1. The zero-order chi connectivity index (χ0) is 23.0. The smallest absolute Gasteiger partial charge is 0.354 e. The number of carboxylic acid groups (broad SMARTS) is 1. The molecule has 0 unspecified atom stereocenters. The van der Waals surface area contributed by atoms with Crippen LogP contribution < -0.4 is 4.74 Å². The predicted molar refractivity (Wildman–Crippen MR) is 127 cm³/mol. The van der Waals surface area contributed by atoms with E-state index in [0.29, 0.717) is 35.6 Å². The highest BCUT2D eigenvalue weighted by Gasteiger charge is 2.18. The third-order valence-electron chi connectivity index (χ3n) is 5.16. The molecule has 33 heavy (non-hydrogen) atoms. The van der Waals surface area contributed by atoms with Crippen molar-refractivity contribution >= 4 is 16.9 Å². The van der Waals surface area contributed by atoms with E-state index in [1.807, 2.05) is 72.8 Å². The average Bonchev–Trinajstić information content (AvgIpc) is 2.84. The molecule has 0 saturated heterocycles. The molecule has 0 aliphatic rings. The molecule has 0 amide bonds. The molecule has 5 heteroatoms. The molecule has 0 atom stereocenters. The van der Waals surface area contributed by atoms with Gasteiger partial charge in [0.15, 0.2) is 5.69 Å². The fraction of sp³-hybridized carbons (Fsp3) is 0.143. The molecule has 4 aromatic rings. The van der Waals surface area contributed by atoms with Gasteiger partial charge in [0.2, 0.25) is 0 Å². The van der Waals surface area contributed by atoms with E-state index < -0.39 is 5.97 Å². The highest BCUT2D eigenvalue weighted by atomic mass is 16.5. The fourth-order valence-corrected chi connectivity index (χ4v) is 3.50. The van der Waals surface area contributed by atoms with Gasteiger partial charge >= 0.3 is 5.97 Å². The van der Waals surface area contributed by atoms with Crippen LogP contribution in [-0.4, -0.2) is 22.7 Å². The van der Waals surface area contributed by atoms with E-state index in [4.69, 9.17) is 9.47 Å². The summed E-state index contributed by atoms with van der Waals surface area (Å²) in [6, 6.07) is 25.2. The summed E-state index contributed by atoms with van der Waals surface area (Å²) in [6.07, 6.45) is 0. The van der Waals surface area contributed by atoms with Crippen molar-refractivity contribution in [1.29, 1.82) is 0 Å². The normalized spacial score (nSPS) is 10.5. The second-order valence-electron chi connectivity index (χ2n) is 7.47. The number of para-hydroxylation sites is 1. The van der Waals surface area contributed by atoms with Crippen molar-refractivity contribution in [3.8, 4) is 17.6 Å². The van der Waals surface area contributed by atoms with Gasteiger partial charge < -0.3 is 14.6 Å². The van der Waals surface area contributed by atoms with Gasteiger partial charge in [0.25, 0.3) is 0 Å². The number of nitrogens with zero attached hydrogens (tertiary/aromatic N) is 1. The van der Waals surface area contributed by atoms with E-state index in [-0.39, 0.29) is 12.3 Å². The largest absolute Gasteiger partial charge is 0.487 e. The van der Waals surface area contributed by atoms with E-state index in [9.17, 15) is 9.90 Å². The molecule has 5 nitrogen and oxygen atoms in total. The number of rotatable bonds is 7. The van der Waals surface area contributed by atoms with Crippen LogP contribution in [0.3, 0.4) is 0 Å². The van der Waals surface area contributed by atoms with Crippen molar-refractivity contribution < 1.29 is 19.4 Å². The van der Waals surface area contributed by atoms with E-state index in [1.54, 1.807) is 13.0 Å². The maximum Gasteiger partial charge on any atom is 0.354 e. The van der Waals surface area contributed by atoms with Crippen molar-refractivity contribution in [3.05, 3.63) is 107 Å². The highest BCUT2D eigenvalue weighted by molar-refractivity contribution is 5.97. The summed E-state index contributed by atoms with van der Waals surface area (Å²) in [5.74, 6) is 5.53. The third kappa shape index (κ3) is 5.38. The van der Waals surface area contributed by atoms with Gasteiger partial charge in [0.05, 0.1) is 6.61 Å². The minimum atomic E-state index is -1.10. The number of aromatic carboxylic acids is 1. The molecule has 4 rings (SSSR count). The first kappa shape index (κ1) is 22.1. The molecule has 3 aromatic carbocycles. The number of pyridine rings is 1. The predicted octanol–water partition coefficient (Wildman–Crippen LogP) is 5.39. The van der Waals surface area contributed by atoms with Crippen molar-refractivity contribution in [2.45, 2.75) is 20.1 Å². The first-order chi connectivity index (χ1) is 16.1. The van der Waals surface area contributed by atoms with Crippen molar-refractivity contribution in [1.82, 2.24) is 4.98 Å². The van der Waals surface area contributed by atoms with Crippen LogP contribution in [0.5, 0.6) is 5.75 Å². The Balaban J connectivity index is 1.62. The minimum absolute atomic E-state index is 0.0345. The quantitative estimate of drug-likeness (QED) is 0.310. The number of hydrogen-bond donors (Lipinski definition) is 1. The van der Waals surface area contributed by atoms with Crippen LogP contribution in [0, 0.1) is 18.8 Å². The maximum absolute atomic E-state index is 11.9. The number of carbonyl (C=O) groups is 1.